The first-order valence-corrected chi connectivity index (χ1v) is 15.9. The van der Waals surface area contributed by atoms with Gasteiger partial charge in [0.15, 0.2) is 0 Å². The highest BCUT2D eigenvalue weighted by Crippen LogP contribution is 2.14. The maximum atomic E-state index is 12.3. The summed E-state index contributed by atoms with van der Waals surface area (Å²) >= 11 is 0. The van der Waals surface area contributed by atoms with Gasteiger partial charge in [-0.25, -0.2) is 13.1 Å². The average Bonchev–Trinajstić information content (AvgIpc) is 2.90. The lowest BCUT2D eigenvalue weighted by Crippen LogP contribution is -2.29. The summed E-state index contributed by atoms with van der Waals surface area (Å²) in [7, 11) is -3.93. The van der Waals surface area contributed by atoms with E-state index in [-0.39, 0.29) is 4.90 Å². The number of sulfonamides is 1. The summed E-state index contributed by atoms with van der Waals surface area (Å²) in [5.41, 5.74) is 2.60. The number of hydrogen-bond donors (Lipinski definition) is 2. The highest BCUT2D eigenvalue weighted by atomic mass is 32.2. The highest BCUT2D eigenvalue weighted by molar-refractivity contribution is 7.90. The summed E-state index contributed by atoms with van der Waals surface area (Å²) in [5.74, 6) is 4.22. The highest BCUT2D eigenvalue weighted by Gasteiger charge is 2.15. The van der Waals surface area contributed by atoms with Crippen LogP contribution in [0.1, 0.15) is 108 Å². The number of rotatable bonds is 18. The zero-order valence-corrected chi connectivity index (χ0v) is 24.2. The van der Waals surface area contributed by atoms with Crippen LogP contribution in [0.5, 0.6) is 0 Å². The van der Waals surface area contributed by atoms with Crippen LogP contribution in [0.3, 0.4) is 0 Å². The predicted octanol–water partition coefficient (Wildman–Crippen LogP) is 7.74. The largest absolute Gasteiger partial charge is 0.385 e. The molecule has 0 bridgehead atoms. The van der Waals surface area contributed by atoms with E-state index in [1.54, 1.807) is 12.1 Å². The zero-order valence-electron chi connectivity index (χ0n) is 23.4. The number of anilines is 1. The van der Waals surface area contributed by atoms with Crippen molar-refractivity contribution < 1.29 is 13.2 Å². The van der Waals surface area contributed by atoms with E-state index in [4.69, 9.17) is 0 Å². The van der Waals surface area contributed by atoms with Gasteiger partial charge < -0.3 is 5.32 Å². The molecule has 38 heavy (non-hydrogen) atoms. The maximum absolute atomic E-state index is 12.3. The first-order valence-electron chi connectivity index (χ1n) is 14.4. The molecule has 0 spiro atoms. The van der Waals surface area contributed by atoms with E-state index in [1.807, 2.05) is 35.9 Å². The van der Waals surface area contributed by atoms with E-state index in [2.05, 4.69) is 24.1 Å². The molecule has 6 heteroatoms. The number of hydrogen-bond acceptors (Lipinski definition) is 4. The number of unbranched alkanes of at least 4 members (excludes halogenated alkanes) is 13. The molecule has 0 aliphatic heterocycles. The van der Waals surface area contributed by atoms with E-state index < -0.39 is 15.9 Å². The van der Waals surface area contributed by atoms with Crippen LogP contribution in [0.2, 0.25) is 0 Å². The van der Waals surface area contributed by atoms with Gasteiger partial charge in [0, 0.05) is 23.7 Å². The lowest BCUT2D eigenvalue weighted by molar-refractivity contribution is -0.114. The Morgan fingerprint density at radius 1 is 0.711 bits per heavy atom. The number of aryl methyl sites for hydroxylation is 1. The second-order valence-electron chi connectivity index (χ2n) is 10.1. The topological polar surface area (TPSA) is 75.3 Å². The first-order chi connectivity index (χ1) is 18.4. The summed E-state index contributed by atoms with van der Waals surface area (Å²) in [6.45, 7) is 5.07. The van der Waals surface area contributed by atoms with Crippen LogP contribution in [0.4, 0.5) is 5.69 Å². The SMILES string of the molecule is CCCCCCCCCCCCCCCCNc1ccc(C#CC(=O)NS(=O)(=O)c2ccc(C)cc2)cc1. The van der Waals surface area contributed by atoms with Crippen molar-refractivity contribution in [3.63, 3.8) is 0 Å². The molecule has 0 unspecified atom stereocenters. The Labute approximate surface area is 231 Å². The third-order valence-electron chi connectivity index (χ3n) is 6.62. The molecule has 0 aromatic heterocycles. The molecule has 0 aliphatic carbocycles. The zero-order chi connectivity index (χ0) is 27.5. The molecule has 2 N–H and O–H groups in total. The van der Waals surface area contributed by atoms with Crippen molar-refractivity contribution in [1.82, 2.24) is 4.72 Å². The summed E-state index contributed by atoms with van der Waals surface area (Å²) in [6, 6.07) is 13.8. The lowest BCUT2D eigenvalue weighted by atomic mass is 10.0. The van der Waals surface area contributed by atoms with Crippen LogP contribution in [0, 0.1) is 18.8 Å². The molecule has 0 fully saturated rings. The minimum atomic E-state index is -3.93. The normalized spacial score (nSPS) is 11.0. The fraction of sp³-hybridized carbons (Fsp3) is 0.531. The van der Waals surface area contributed by atoms with Crippen molar-refractivity contribution in [2.75, 3.05) is 11.9 Å². The molecule has 2 aromatic rings. The molecule has 0 heterocycles. The molecular formula is C32H46N2O3S. The van der Waals surface area contributed by atoms with Crippen LogP contribution in [-0.4, -0.2) is 20.9 Å². The number of carbonyl (C=O) groups excluding carboxylic acids is 1. The van der Waals surface area contributed by atoms with Crippen molar-refractivity contribution in [2.24, 2.45) is 0 Å². The van der Waals surface area contributed by atoms with Crippen LogP contribution in [0.25, 0.3) is 0 Å². The monoisotopic (exact) mass is 538 g/mol. The van der Waals surface area contributed by atoms with Crippen LogP contribution in [-0.2, 0) is 14.8 Å². The number of carbonyl (C=O) groups is 1. The van der Waals surface area contributed by atoms with Crippen molar-refractivity contribution in [3.05, 3.63) is 59.7 Å². The van der Waals surface area contributed by atoms with Gasteiger partial charge in [-0.3, -0.25) is 4.79 Å². The van der Waals surface area contributed by atoms with Crippen LogP contribution in [0.15, 0.2) is 53.4 Å². The van der Waals surface area contributed by atoms with Gasteiger partial charge in [0.1, 0.15) is 0 Å². The van der Waals surface area contributed by atoms with E-state index in [0.717, 1.165) is 24.2 Å². The molecule has 208 valence electrons. The van der Waals surface area contributed by atoms with Crippen molar-refractivity contribution in [1.29, 1.82) is 0 Å². The van der Waals surface area contributed by atoms with Crippen molar-refractivity contribution in [2.45, 2.75) is 109 Å². The molecule has 2 rings (SSSR count). The second kappa shape index (κ2) is 18.5. The molecule has 0 aliphatic rings. The number of amides is 1. The smallest absolute Gasteiger partial charge is 0.309 e. The van der Waals surface area contributed by atoms with Gasteiger partial charge in [0.05, 0.1) is 4.90 Å². The third kappa shape index (κ3) is 13.7. The van der Waals surface area contributed by atoms with E-state index in [9.17, 15) is 13.2 Å². The van der Waals surface area contributed by atoms with E-state index in [0.29, 0.717) is 5.56 Å². The van der Waals surface area contributed by atoms with Gasteiger partial charge in [-0.1, -0.05) is 114 Å². The van der Waals surface area contributed by atoms with Gasteiger partial charge in [0.2, 0.25) is 0 Å². The average molecular weight is 539 g/mol. The Hall–Kier alpha value is -2.78. The van der Waals surface area contributed by atoms with Gasteiger partial charge in [-0.15, -0.1) is 0 Å². The first kappa shape index (κ1) is 31.4. The Morgan fingerprint density at radius 3 is 1.74 bits per heavy atom. The van der Waals surface area contributed by atoms with Gasteiger partial charge in [-0.2, -0.15) is 0 Å². The molecular weight excluding hydrogens is 492 g/mol. The van der Waals surface area contributed by atoms with E-state index >= 15 is 0 Å². The predicted molar refractivity (Wildman–Crippen MR) is 159 cm³/mol. The molecule has 0 atom stereocenters. The number of benzene rings is 2. The van der Waals surface area contributed by atoms with Gasteiger partial charge >= 0.3 is 5.91 Å². The number of nitrogens with one attached hydrogen (secondary N) is 2. The van der Waals surface area contributed by atoms with E-state index in [1.165, 1.54) is 95.6 Å². The molecule has 5 nitrogen and oxygen atoms in total. The molecule has 0 saturated carbocycles. The van der Waals surface area contributed by atoms with Gasteiger partial charge in [-0.05, 0) is 49.7 Å². The van der Waals surface area contributed by atoms with Crippen LogP contribution >= 0.6 is 0 Å². The second-order valence-corrected chi connectivity index (χ2v) is 11.8. The van der Waals surface area contributed by atoms with Gasteiger partial charge in [0.25, 0.3) is 10.0 Å². The Kier molecular flexibility index (Phi) is 15.3. The molecule has 0 saturated heterocycles. The standard InChI is InChI=1S/C32H46N2O3S/c1-3-4-5-6-7-8-9-10-11-12-13-14-15-16-27-33-30-22-19-29(20-23-30)21-26-32(35)34-38(36,37)31-24-17-28(2)18-25-31/h17-20,22-25,33H,3-16,27H2,1-2H3,(H,34,35). The quantitative estimate of drug-likeness (QED) is 0.150. The summed E-state index contributed by atoms with van der Waals surface area (Å²) in [4.78, 5) is 12.1. The third-order valence-corrected chi connectivity index (χ3v) is 7.97. The minimum absolute atomic E-state index is 0.0347. The summed E-state index contributed by atoms with van der Waals surface area (Å²) in [6.07, 6.45) is 19.0. The fourth-order valence-corrected chi connectivity index (χ4v) is 5.18. The van der Waals surface area contributed by atoms with Crippen LogP contribution < -0.4 is 10.0 Å². The van der Waals surface area contributed by atoms with Crippen molar-refractivity contribution >= 4 is 21.6 Å². The molecule has 2 aromatic carbocycles. The molecule has 0 radical (unpaired) electrons. The summed E-state index contributed by atoms with van der Waals surface area (Å²) in [5, 5.41) is 3.43. The Bertz CT molecular complexity index is 1100. The summed E-state index contributed by atoms with van der Waals surface area (Å²) < 4.78 is 26.6. The van der Waals surface area contributed by atoms with Crippen molar-refractivity contribution in [3.8, 4) is 11.8 Å². The molecule has 1 amide bonds. The Morgan fingerprint density at radius 2 is 1.21 bits per heavy atom. The minimum Gasteiger partial charge on any atom is -0.385 e. The maximum Gasteiger partial charge on any atom is 0.309 e. The lowest BCUT2D eigenvalue weighted by Gasteiger charge is -2.07. The Balaban J connectivity index is 1.54. The fourth-order valence-electron chi connectivity index (χ4n) is 4.28.